The average molecular weight is 634 g/mol. The third kappa shape index (κ3) is 4.97. The summed E-state index contributed by atoms with van der Waals surface area (Å²) in [6, 6.07) is 2.40. The summed E-state index contributed by atoms with van der Waals surface area (Å²) >= 11 is 0. The van der Waals surface area contributed by atoms with Crippen molar-refractivity contribution in [2.45, 2.75) is 30.7 Å². The lowest BCUT2D eigenvalue weighted by Gasteiger charge is -2.42. The van der Waals surface area contributed by atoms with Gasteiger partial charge in [-0.1, -0.05) is 0 Å². The molecule has 0 spiro atoms. The van der Waals surface area contributed by atoms with E-state index in [1.54, 1.807) is 0 Å². The molecule has 2 aliphatic heterocycles. The Balaban J connectivity index is 1.67. The van der Waals surface area contributed by atoms with Gasteiger partial charge in [-0.15, -0.1) is 0 Å². The number of phenols is 9. The fraction of sp³-hybridized carbons (Fsp3) is 0.222. The van der Waals surface area contributed by atoms with E-state index in [0.29, 0.717) is 24.3 Å². The molecule has 0 saturated carbocycles. The number of aromatic hydroxyl groups is 9. The molecule has 238 valence electrons. The van der Waals surface area contributed by atoms with Crippen molar-refractivity contribution in [3.63, 3.8) is 0 Å². The molecule has 5 atom stereocenters. The van der Waals surface area contributed by atoms with Crippen LogP contribution in [0.15, 0.2) is 24.3 Å². The van der Waals surface area contributed by atoms with Gasteiger partial charge in [-0.3, -0.25) is 0 Å². The topological polar surface area (TPSA) is 311 Å². The number of benzene rings is 3. The van der Waals surface area contributed by atoms with E-state index in [1.807, 2.05) is 0 Å². The van der Waals surface area contributed by atoms with Crippen LogP contribution in [0.1, 0.15) is 31.1 Å². The van der Waals surface area contributed by atoms with E-state index in [-0.39, 0.29) is 0 Å². The molecule has 0 aliphatic carbocycles. The van der Waals surface area contributed by atoms with Crippen LogP contribution in [-0.4, -0.2) is 111 Å². The minimum Gasteiger partial charge on any atom is -0.504 e. The molecule has 1 fully saturated rings. The van der Waals surface area contributed by atoms with Crippen LogP contribution in [0.2, 0.25) is 0 Å². The lowest BCUT2D eigenvalue weighted by atomic mass is 9.92. The third-order valence-electron chi connectivity index (χ3n) is 7.01. The maximum absolute atomic E-state index is 13.5. The van der Waals surface area contributed by atoms with Crippen LogP contribution in [-0.2, 0) is 18.9 Å². The van der Waals surface area contributed by atoms with Crippen molar-refractivity contribution in [1.82, 2.24) is 0 Å². The second-order valence-corrected chi connectivity index (χ2v) is 9.76. The summed E-state index contributed by atoms with van der Waals surface area (Å²) in [6.07, 6.45) is -10.2. The summed E-state index contributed by atoms with van der Waals surface area (Å²) in [5, 5.41) is 112. The van der Waals surface area contributed by atoms with Gasteiger partial charge < -0.3 is 75.1 Å². The molecule has 0 amide bonds. The standard InChI is InChI=1S/C27H22O18/c28-5-13-22-21(38)23(27(42-13)45-24(39)6-1-9(29)16(33)10(30)2-6)44-26(41)8-4-12(32)18(35)20(37)15(8)14-7(25(40)43-22)3-11(31)17(34)19(14)36/h1-4,13,21-23,27-38H,5H2. The maximum atomic E-state index is 13.5. The first-order valence-corrected chi connectivity index (χ1v) is 12.5. The molecule has 18 heteroatoms. The van der Waals surface area contributed by atoms with Crippen molar-refractivity contribution in [2.24, 2.45) is 0 Å². The van der Waals surface area contributed by atoms with Crippen LogP contribution in [0.4, 0.5) is 0 Å². The quantitative estimate of drug-likeness (QED) is 0.100. The predicted molar refractivity (Wildman–Crippen MR) is 139 cm³/mol. The van der Waals surface area contributed by atoms with Crippen molar-refractivity contribution in [3.05, 3.63) is 41.0 Å². The van der Waals surface area contributed by atoms with Gasteiger partial charge in [0.1, 0.15) is 12.2 Å². The number of carbonyl (C=O) groups excluding carboxylic acids is 3. The second kappa shape index (κ2) is 11.0. The summed E-state index contributed by atoms with van der Waals surface area (Å²) in [5.41, 5.74) is -4.24. The van der Waals surface area contributed by atoms with E-state index >= 15 is 0 Å². The van der Waals surface area contributed by atoms with E-state index < -0.39 is 135 Å². The van der Waals surface area contributed by atoms with Crippen molar-refractivity contribution in [1.29, 1.82) is 0 Å². The van der Waals surface area contributed by atoms with Crippen LogP contribution in [0.5, 0.6) is 51.7 Å². The number of ether oxygens (including phenoxy) is 4. The highest BCUT2D eigenvalue weighted by Crippen LogP contribution is 2.53. The first-order chi connectivity index (χ1) is 21.2. The minimum absolute atomic E-state index is 0.510. The Bertz CT molecular complexity index is 1730. The van der Waals surface area contributed by atoms with Crippen molar-refractivity contribution in [3.8, 4) is 62.9 Å². The van der Waals surface area contributed by atoms with Gasteiger partial charge in [0.25, 0.3) is 0 Å². The molecule has 18 nitrogen and oxygen atoms in total. The third-order valence-corrected chi connectivity index (χ3v) is 7.01. The number of hydrogen-bond acceptors (Lipinski definition) is 18. The number of fused-ring (bicyclic) bond motifs is 5. The average Bonchev–Trinajstić information content (AvgIpc) is 3.00. The Kier molecular flexibility index (Phi) is 7.49. The highest BCUT2D eigenvalue weighted by Gasteiger charge is 2.52. The Hall–Kier alpha value is -5.85. The highest BCUT2D eigenvalue weighted by atomic mass is 16.7. The van der Waals surface area contributed by atoms with Gasteiger partial charge in [0, 0.05) is 11.1 Å². The molecule has 3 aromatic carbocycles. The molecule has 5 unspecified atom stereocenters. The molecule has 45 heavy (non-hydrogen) atoms. The van der Waals surface area contributed by atoms with Crippen LogP contribution in [0.3, 0.4) is 0 Å². The Labute approximate surface area is 248 Å². The molecule has 2 bridgehead atoms. The summed E-state index contributed by atoms with van der Waals surface area (Å²) in [6.45, 7) is -1.04. The number of esters is 3. The van der Waals surface area contributed by atoms with E-state index in [0.717, 1.165) is 0 Å². The van der Waals surface area contributed by atoms with E-state index in [2.05, 4.69) is 0 Å². The smallest absolute Gasteiger partial charge is 0.340 e. The molecule has 2 heterocycles. The van der Waals surface area contributed by atoms with E-state index in [1.165, 1.54) is 0 Å². The van der Waals surface area contributed by atoms with Crippen LogP contribution >= 0.6 is 0 Å². The lowest BCUT2D eigenvalue weighted by Crippen LogP contribution is -2.61. The first-order valence-electron chi connectivity index (χ1n) is 12.5. The number of phenolic OH excluding ortho intramolecular Hbond substituents is 9. The number of aliphatic hydroxyl groups is 2. The Morgan fingerprint density at radius 2 is 1.11 bits per heavy atom. The van der Waals surface area contributed by atoms with Crippen LogP contribution < -0.4 is 0 Å². The largest absolute Gasteiger partial charge is 0.504 e. The maximum Gasteiger partial charge on any atom is 0.340 e. The van der Waals surface area contributed by atoms with Crippen molar-refractivity contribution in [2.75, 3.05) is 6.61 Å². The van der Waals surface area contributed by atoms with E-state index in [4.69, 9.17) is 18.9 Å². The van der Waals surface area contributed by atoms with Gasteiger partial charge >= 0.3 is 17.9 Å². The number of hydrogen-bond donors (Lipinski definition) is 11. The SMILES string of the molecule is O=C(OC1OC(CO)C2OC(=O)c3cc(O)c(O)c(O)c3-c3c(cc(O)c(O)c3O)C(=O)OC1C2O)c1cc(O)c(O)c(O)c1. The molecular weight excluding hydrogens is 612 g/mol. The Morgan fingerprint density at radius 1 is 0.667 bits per heavy atom. The molecule has 0 radical (unpaired) electrons. The fourth-order valence-electron chi connectivity index (χ4n) is 4.79. The summed E-state index contributed by atoms with van der Waals surface area (Å²) in [4.78, 5) is 39.8. The monoisotopic (exact) mass is 634 g/mol. The molecule has 1 saturated heterocycles. The van der Waals surface area contributed by atoms with Gasteiger partial charge in [-0.05, 0) is 24.3 Å². The van der Waals surface area contributed by atoms with Gasteiger partial charge in [0.15, 0.2) is 52.5 Å². The van der Waals surface area contributed by atoms with Gasteiger partial charge in [-0.25, -0.2) is 14.4 Å². The number of rotatable bonds is 3. The highest BCUT2D eigenvalue weighted by molar-refractivity contribution is 6.08. The normalized spacial score (nSPS) is 22.7. The van der Waals surface area contributed by atoms with Crippen molar-refractivity contribution >= 4 is 17.9 Å². The molecule has 3 aromatic rings. The summed E-state index contributed by atoms with van der Waals surface area (Å²) in [5.74, 6) is -14.8. The van der Waals surface area contributed by atoms with E-state index in [9.17, 15) is 70.6 Å². The zero-order chi connectivity index (χ0) is 33.1. The van der Waals surface area contributed by atoms with Gasteiger partial charge in [-0.2, -0.15) is 0 Å². The number of carbonyl (C=O) groups is 3. The molecule has 2 aliphatic rings. The zero-order valence-corrected chi connectivity index (χ0v) is 22.2. The molecule has 5 rings (SSSR count). The molecular formula is C27H22O18. The number of aliphatic hydroxyl groups excluding tert-OH is 2. The molecule has 11 N–H and O–H groups in total. The Morgan fingerprint density at radius 3 is 1.58 bits per heavy atom. The van der Waals surface area contributed by atoms with Gasteiger partial charge in [0.05, 0.1) is 23.3 Å². The first kappa shape index (κ1) is 30.6. The second-order valence-electron chi connectivity index (χ2n) is 9.76. The van der Waals surface area contributed by atoms with Crippen LogP contribution in [0.25, 0.3) is 11.1 Å². The van der Waals surface area contributed by atoms with Gasteiger partial charge in [0.2, 0.25) is 17.8 Å². The summed E-state index contributed by atoms with van der Waals surface area (Å²) < 4.78 is 21.2. The summed E-state index contributed by atoms with van der Waals surface area (Å²) in [7, 11) is 0. The predicted octanol–water partition coefficient (Wildman–Crippen LogP) is -0.297. The van der Waals surface area contributed by atoms with Crippen molar-refractivity contribution < 1.29 is 89.5 Å². The fourth-order valence-corrected chi connectivity index (χ4v) is 4.79. The lowest BCUT2D eigenvalue weighted by molar-refractivity contribution is -0.283. The van der Waals surface area contributed by atoms with Crippen LogP contribution in [0, 0.1) is 0 Å². The zero-order valence-electron chi connectivity index (χ0n) is 22.2. The molecule has 0 aromatic heterocycles. The minimum atomic E-state index is -2.19.